The Morgan fingerprint density at radius 1 is 1.04 bits per heavy atom. The van der Waals surface area contributed by atoms with Crippen molar-refractivity contribution in [3.05, 3.63) is 66.2 Å². The molecule has 0 unspecified atom stereocenters. The Kier molecular flexibility index (Phi) is 3.84. The highest BCUT2D eigenvalue weighted by Crippen LogP contribution is 2.24. The number of carbonyl (C=O) groups excluding carboxylic acids is 1. The van der Waals surface area contributed by atoms with Crippen LogP contribution in [-0.2, 0) is 7.05 Å². The van der Waals surface area contributed by atoms with Crippen LogP contribution in [-0.4, -0.2) is 30.6 Å². The quantitative estimate of drug-likeness (QED) is 0.508. The molecule has 0 atom stereocenters. The third kappa shape index (κ3) is 2.99. The summed E-state index contributed by atoms with van der Waals surface area (Å²) < 4.78 is 2.71. The maximum Gasteiger partial charge on any atom is 0.256 e. The fourth-order valence-electron chi connectivity index (χ4n) is 3.00. The highest BCUT2D eigenvalue weighted by molar-refractivity contribution is 7.16. The van der Waals surface area contributed by atoms with Crippen LogP contribution in [0, 0.1) is 0 Å². The minimum Gasteiger partial charge on any atom is -0.307 e. The summed E-state index contributed by atoms with van der Waals surface area (Å²) in [6, 6.07) is 9.27. The number of aromatic nitrogens is 5. The first-order valence-electron chi connectivity index (χ1n) is 8.55. The summed E-state index contributed by atoms with van der Waals surface area (Å²) in [4.78, 5) is 25.7. The predicted molar refractivity (Wildman–Crippen MR) is 109 cm³/mol. The van der Waals surface area contributed by atoms with Crippen LogP contribution < -0.4 is 5.32 Å². The number of nitrogens with one attached hydrogen (secondary N) is 1. The van der Waals surface area contributed by atoms with Gasteiger partial charge >= 0.3 is 0 Å². The number of amides is 1. The monoisotopic (exact) mass is 386 g/mol. The summed E-state index contributed by atoms with van der Waals surface area (Å²) in [7, 11) is 1.87. The second-order valence-corrected chi connectivity index (χ2v) is 7.26. The van der Waals surface area contributed by atoms with E-state index in [-0.39, 0.29) is 5.91 Å². The van der Waals surface area contributed by atoms with Gasteiger partial charge in [-0.25, -0.2) is 9.97 Å². The summed E-state index contributed by atoms with van der Waals surface area (Å²) >= 11 is 1.51. The molecule has 0 fully saturated rings. The molecule has 7 nitrogen and oxygen atoms in total. The number of pyridine rings is 2. The minimum absolute atomic E-state index is 0.205. The van der Waals surface area contributed by atoms with Gasteiger partial charge < -0.3 is 5.32 Å². The Morgan fingerprint density at radius 3 is 2.79 bits per heavy atom. The zero-order valence-corrected chi connectivity index (χ0v) is 15.6. The molecule has 28 heavy (non-hydrogen) atoms. The van der Waals surface area contributed by atoms with Gasteiger partial charge in [0.1, 0.15) is 5.82 Å². The Hall–Kier alpha value is -3.65. The number of thiazole rings is 1. The van der Waals surface area contributed by atoms with Crippen molar-refractivity contribution in [3.8, 4) is 11.3 Å². The highest BCUT2D eigenvalue weighted by Gasteiger charge is 2.10. The van der Waals surface area contributed by atoms with Crippen molar-refractivity contribution in [1.29, 1.82) is 0 Å². The number of anilines is 1. The van der Waals surface area contributed by atoms with Crippen molar-refractivity contribution in [2.75, 3.05) is 5.32 Å². The standard InChI is InChI=1S/C20H14N6OS/c1-26-10-15(9-24-26)17-4-13-6-19(22-8-14(13)7-21-17)25-20(27)12-2-3-16-18(5-12)28-11-23-16/h2-11H,1H3,(H,22,25,27). The van der Waals surface area contributed by atoms with Crippen LogP contribution in [0.1, 0.15) is 10.4 Å². The van der Waals surface area contributed by atoms with Crippen molar-refractivity contribution >= 4 is 44.1 Å². The molecule has 136 valence electrons. The summed E-state index contributed by atoms with van der Waals surface area (Å²) in [6.07, 6.45) is 7.16. The summed E-state index contributed by atoms with van der Waals surface area (Å²) in [6.45, 7) is 0. The maximum absolute atomic E-state index is 12.6. The number of carbonyl (C=O) groups is 1. The van der Waals surface area contributed by atoms with Gasteiger partial charge in [0, 0.05) is 42.2 Å². The Bertz CT molecular complexity index is 1340. The normalized spacial score (nSPS) is 11.2. The van der Waals surface area contributed by atoms with Crippen LogP contribution in [0.2, 0.25) is 0 Å². The van der Waals surface area contributed by atoms with E-state index in [1.165, 1.54) is 11.3 Å². The molecule has 0 aliphatic heterocycles. The van der Waals surface area contributed by atoms with E-state index in [2.05, 4.69) is 25.4 Å². The van der Waals surface area contributed by atoms with Crippen molar-refractivity contribution in [2.24, 2.45) is 7.05 Å². The average molecular weight is 386 g/mol. The van der Waals surface area contributed by atoms with Crippen LogP contribution in [0.15, 0.2) is 60.6 Å². The Morgan fingerprint density at radius 2 is 1.93 bits per heavy atom. The Balaban J connectivity index is 1.45. The first kappa shape index (κ1) is 16.5. The number of rotatable bonds is 3. The zero-order valence-electron chi connectivity index (χ0n) is 14.8. The first-order chi connectivity index (χ1) is 13.7. The number of aryl methyl sites for hydroxylation is 1. The molecule has 8 heteroatoms. The largest absolute Gasteiger partial charge is 0.307 e. The number of benzene rings is 1. The lowest BCUT2D eigenvalue weighted by Crippen LogP contribution is -2.12. The molecular weight excluding hydrogens is 372 g/mol. The highest BCUT2D eigenvalue weighted by atomic mass is 32.1. The second kappa shape index (κ2) is 6.50. The molecule has 0 spiro atoms. The van der Waals surface area contributed by atoms with Crippen LogP contribution in [0.3, 0.4) is 0 Å². The fraction of sp³-hybridized carbons (Fsp3) is 0.0500. The maximum atomic E-state index is 12.6. The van der Waals surface area contributed by atoms with E-state index in [1.807, 2.05) is 37.5 Å². The molecule has 0 saturated heterocycles. The van der Waals surface area contributed by atoms with Crippen LogP contribution in [0.25, 0.3) is 32.2 Å². The fourth-order valence-corrected chi connectivity index (χ4v) is 3.72. The third-order valence-electron chi connectivity index (χ3n) is 4.44. The molecule has 1 aromatic carbocycles. The van der Waals surface area contributed by atoms with Crippen molar-refractivity contribution < 1.29 is 4.79 Å². The predicted octanol–water partition coefficient (Wildman–Crippen LogP) is 3.89. The lowest BCUT2D eigenvalue weighted by molar-refractivity contribution is 0.102. The molecular formula is C20H14N6OS. The van der Waals surface area contributed by atoms with E-state index in [9.17, 15) is 4.79 Å². The van der Waals surface area contributed by atoms with Gasteiger partial charge in [0.15, 0.2) is 0 Å². The second-order valence-electron chi connectivity index (χ2n) is 6.38. The van der Waals surface area contributed by atoms with E-state index < -0.39 is 0 Å². The average Bonchev–Trinajstić information content (AvgIpc) is 3.35. The Labute approximate surface area is 163 Å². The van der Waals surface area contributed by atoms with Gasteiger partial charge in [-0.2, -0.15) is 5.10 Å². The van der Waals surface area contributed by atoms with E-state index in [4.69, 9.17) is 0 Å². The number of hydrogen-bond donors (Lipinski definition) is 1. The molecule has 4 heterocycles. The van der Waals surface area contributed by atoms with Gasteiger partial charge in [0.25, 0.3) is 5.91 Å². The van der Waals surface area contributed by atoms with Gasteiger partial charge in [-0.3, -0.25) is 14.5 Å². The molecule has 0 aliphatic carbocycles. The van der Waals surface area contributed by atoms with Crippen molar-refractivity contribution in [2.45, 2.75) is 0 Å². The van der Waals surface area contributed by atoms with E-state index in [0.29, 0.717) is 11.4 Å². The molecule has 5 rings (SSSR count). The van der Waals surface area contributed by atoms with E-state index >= 15 is 0 Å². The lowest BCUT2D eigenvalue weighted by Gasteiger charge is -2.07. The van der Waals surface area contributed by atoms with Crippen molar-refractivity contribution in [3.63, 3.8) is 0 Å². The summed E-state index contributed by atoms with van der Waals surface area (Å²) in [5.41, 5.74) is 4.99. The molecule has 0 saturated carbocycles. The third-order valence-corrected chi connectivity index (χ3v) is 5.23. The van der Waals surface area contributed by atoms with Crippen molar-refractivity contribution in [1.82, 2.24) is 24.7 Å². The zero-order chi connectivity index (χ0) is 19.1. The minimum atomic E-state index is -0.205. The summed E-state index contributed by atoms with van der Waals surface area (Å²) in [5, 5.41) is 8.89. The van der Waals surface area contributed by atoms with Crippen LogP contribution >= 0.6 is 11.3 Å². The molecule has 5 aromatic rings. The SMILES string of the molecule is Cn1cc(-c2cc3cc(NC(=O)c4ccc5ncsc5c4)ncc3cn2)cn1. The molecule has 4 aromatic heterocycles. The van der Waals surface area contributed by atoms with Crippen LogP contribution in [0.4, 0.5) is 5.82 Å². The molecule has 0 aliphatic rings. The van der Waals surface area contributed by atoms with E-state index in [0.717, 1.165) is 32.2 Å². The molecule has 1 amide bonds. The van der Waals surface area contributed by atoms with Gasteiger partial charge in [0.2, 0.25) is 0 Å². The topological polar surface area (TPSA) is 85.6 Å². The first-order valence-corrected chi connectivity index (χ1v) is 9.43. The van der Waals surface area contributed by atoms with Gasteiger partial charge in [-0.05, 0) is 35.7 Å². The summed E-state index contributed by atoms with van der Waals surface area (Å²) in [5.74, 6) is 0.286. The van der Waals surface area contributed by atoms with Gasteiger partial charge in [-0.15, -0.1) is 11.3 Å². The van der Waals surface area contributed by atoms with Gasteiger partial charge in [0.05, 0.1) is 27.6 Å². The van der Waals surface area contributed by atoms with Crippen LogP contribution in [0.5, 0.6) is 0 Å². The smallest absolute Gasteiger partial charge is 0.256 e. The lowest BCUT2D eigenvalue weighted by atomic mass is 10.1. The number of fused-ring (bicyclic) bond motifs is 2. The molecule has 1 N–H and O–H groups in total. The van der Waals surface area contributed by atoms with E-state index in [1.54, 1.807) is 34.8 Å². The molecule has 0 radical (unpaired) electrons. The van der Waals surface area contributed by atoms with Gasteiger partial charge in [-0.1, -0.05) is 0 Å². The number of nitrogens with zero attached hydrogens (tertiary/aromatic N) is 5. The molecule has 0 bridgehead atoms. The number of hydrogen-bond acceptors (Lipinski definition) is 6.